The van der Waals surface area contributed by atoms with Crippen molar-refractivity contribution in [1.82, 2.24) is 0 Å². The lowest BCUT2D eigenvalue weighted by Gasteiger charge is -2.16. The van der Waals surface area contributed by atoms with Crippen LogP contribution >= 0.6 is 27.3 Å². The Bertz CT molecular complexity index is 552. The number of anilines is 1. The molecular formula is C13H11BrF3NS. The van der Waals surface area contributed by atoms with Crippen LogP contribution < -0.4 is 5.32 Å². The Balaban J connectivity index is 2.22. The molecule has 0 fully saturated rings. The molecule has 1 atom stereocenters. The molecule has 0 aliphatic heterocycles. The minimum absolute atomic E-state index is 0.0338. The molecule has 0 aliphatic carbocycles. The zero-order valence-corrected chi connectivity index (χ0v) is 12.4. The van der Waals surface area contributed by atoms with E-state index in [4.69, 9.17) is 0 Å². The van der Waals surface area contributed by atoms with Crippen LogP contribution in [0.3, 0.4) is 0 Å². The second-order valence-electron chi connectivity index (χ2n) is 4.12. The van der Waals surface area contributed by atoms with Crippen LogP contribution in [-0.4, -0.2) is 0 Å². The van der Waals surface area contributed by atoms with Crippen molar-refractivity contribution in [3.63, 3.8) is 0 Å². The van der Waals surface area contributed by atoms with Crippen molar-refractivity contribution >= 4 is 33.0 Å². The largest absolute Gasteiger partial charge is 0.417 e. The summed E-state index contributed by atoms with van der Waals surface area (Å²) in [6.07, 6.45) is -4.36. The monoisotopic (exact) mass is 349 g/mol. The lowest BCUT2D eigenvalue weighted by molar-refractivity contribution is -0.138. The highest BCUT2D eigenvalue weighted by Crippen LogP contribution is 2.37. The topological polar surface area (TPSA) is 12.0 Å². The average Bonchev–Trinajstić information content (AvgIpc) is 2.83. The fourth-order valence-electron chi connectivity index (χ4n) is 1.69. The first kappa shape index (κ1) is 14.4. The van der Waals surface area contributed by atoms with Crippen molar-refractivity contribution in [2.24, 2.45) is 0 Å². The molecule has 1 heterocycles. The summed E-state index contributed by atoms with van der Waals surface area (Å²) in [5, 5.41) is 6.98. The van der Waals surface area contributed by atoms with Crippen LogP contribution in [0.2, 0.25) is 0 Å². The Morgan fingerprint density at radius 1 is 1.26 bits per heavy atom. The Morgan fingerprint density at radius 2 is 2.00 bits per heavy atom. The molecule has 1 aromatic heterocycles. The molecule has 0 saturated carbocycles. The number of alkyl halides is 3. The Morgan fingerprint density at radius 3 is 2.58 bits per heavy atom. The van der Waals surface area contributed by atoms with Gasteiger partial charge < -0.3 is 5.32 Å². The van der Waals surface area contributed by atoms with Gasteiger partial charge in [0.05, 0.1) is 5.56 Å². The van der Waals surface area contributed by atoms with Crippen LogP contribution in [0.15, 0.2) is 39.5 Å². The second kappa shape index (κ2) is 5.54. The number of rotatable bonds is 3. The summed E-state index contributed by atoms with van der Waals surface area (Å²) in [5.41, 5.74) is 0.839. The van der Waals surface area contributed by atoms with Gasteiger partial charge in [-0.3, -0.25) is 0 Å². The predicted molar refractivity (Wildman–Crippen MR) is 75.5 cm³/mol. The summed E-state index contributed by atoms with van der Waals surface area (Å²) in [6.45, 7) is 1.91. The van der Waals surface area contributed by atoms with Gasteiger partial charge in [-0.25, -0.2) is 0 Å². The molecule has 6 heteroatoms. The third-order valence-electron chi connectivity index (χ3n) is 2.70. The molecule has 19 heavy (non-hydrogen) atoms. The number of hydrogen-bond acceptors (Lipinski definition) is 2. The highest BCUT2D eigenvalue weighted by atomic mass is 79.9. The molecule has 0 spiro atoms. The predicted octanol–water partition coefficient (Wildman–Crippen LogP) is 5.70. The quantitative estimate of drug-likeness (QED) is 0.748. The first-order chi connectivity index (χ1) is 8.88. The maximum Gasteiger partial charge on any atom is 0.417 e. The first-order valence-corrected chi connectivity index (χ1v) is 7.27. The lowest BCUT2D eigenvalue weighted by Crippen LogP contribution is -2.09. The first-order valence-electron chi connectivity index (χ1n) is 5.53. The van der Waals surface area contributed by atoms with Gasteiger partial charge in [-0.2, -0.15) is 24.5 Å². The molecule has 2 rings (SSSR count). The van der Waals surface area contributed by atoms with Gasteiger partial charge in [0.15, 0.2) is 0 Å². The van der Waals surface area contributed by atoms with E-state index in [9.17, 15) is 13.2 Å². The van der Waals surface area contributed by atoms with Crippen molar-refractivity contribution in [1.29, 1.82) is 0 Å². The highest BCUT2D eigenvalue weighted by molar-refractivity contribution is 9.10. The Kier molecular flexibility index (Phi) is 4.20. The molecule has 1 unspecified atom stereocenters. The zero-order valence-electron chi connectivity index (χ0n) is 9.96. The van der Waals surface area contributed by atoms with Crippen LogP contribution in [0.1, 0.15) is 24.1 Å². The number of thiophene rings is 1. The number of hydrogen-bond donors (Lipinski definition) is 1. The zero-order chi connectivity index (χ0) is 14.0. The molecule has 102 valence electrons. The van der Waals surface area contributed by atoms with Gasteiger partial charge >= 0.3 is 6.18 Å². The van der Waals surface area contributed by atoms with Crippen LogP contribution in [-0.2, 0) is 6.18 Å². The summed E-state index contributed by atoms with van der Waals surface area (Å²) in [7, 11) is 0. The molecule has 0 radical (unpaired) electrons. The number of halogens is 4. The molecule has 0 aliphatic rings. The smallest absolute Gasteiger partial charge is 0.378 e. The molecule has 2 aromatic rings. The van der Waals surface area contributed by atoms with Crippen LogP contribution in [0.5, 0.6) is 0 Å². The summed E-state index contributed by atoms with van der Waals surface area (Å²) in [5.74, 6) is 0. The highest BCUT2D eigenvalue weighted by Gasteiger charge is 2.33. The van der Waals surface area contributed by atoms with Gasteiger partial charge in [0, 0.05) is 16.2 Å². The van der Waals surface area contributed by atoms with Gasteiger partial charge in [-0.1, -0.05) is 15.9 Å². The summed E-state index contributed by atoms with van der Waals surface area (Å²) >= 11 is 4.49. The van der Waals surface area contributed by atoms with Gasteiger partial charge in [0.25, 0.3) is 0 Å². The van der Waals surface area contributed by atoms with Crippen LogP contribution in [0, 0.1) is 0 Å². The molecule has 0 bridgehead atoms. The van der Waals surface area contributed by atoms with Crippen molar-refractivity contribution in [3.8, 4) is 0 Å². The molecule has 1 N–H and O–H groups in total. The molecule has 1 aromatic carbocycles. The molecular weight excluding hydrogens is 339 g/mol. The van der Waals surface area contributed by atoms with E-state index in [0.717, 1.165) is 11.6 Å². The Hall–Kier alpha value is -1.01. The van der Waals surface area contributed by atoms with Crippen molar-refractivity contribution in [2.45, 2.75) is 19.1 Å². The lowest BCUT2D eigenvalue weighted by atomic mass is 10.1. The van der Waals surface area contributed by atoms with E-state index in [1.54, 1.807) is 17.4 Å². The molecule has 1 nitrogen and oxygen atoms in total. The third-order valence-corrected chi connectivity index (χ3v) is 4.09. The normalized spacial score (nSPS) is 13.3. The number of nitrogens with one attached hydrogen (secondary N) is 1. The SMILES string of the molecule is CC(Nc1ccc(Br)c(C(F)(F)F)c1)c1ccsc1. The van der Waals surface area contributed by atoms with E-state index in [0.29, 0.717) is 5.69 Å². The van der Waals surface area contributed by atoms with E-state index in [1.165, 1.54) is 6.07 Å². The van der Waals surface area contributed by atoms with E-state index in [-0.39, 0.29) is 10.5 Å². The van der Waals surface area contributed by atoms with Crippen molar-refractivity contribution < 1.29 is 13.2 Å². The summed E-state index contributed by atoms with van der Waals surface area (Å²) in [6, 6.07) is 6.07. The van der Waals surface area contributed by atoms with E-state index in [1.807, 2.05) is 23.8 Å². The van der Waals surface area contributed by atoms with Gasteiger partial charge in [0.1, 0.15) is 0 Å². The summed E-state index contributed by atoms with van der Waals surface area (Å²) < 4.78 is 38.4. The number of benzene rings is 1. The van der Waals surface area contributed by atoms with E-state index < -0.39 is 11.7 Å². The average molecular weight is 350 g/mol. The van der Waals surface area contributed by atoms with Crippen LogP contribution in [0.4, 0.5) is 18.9 Å². The van der Waals surface area contributed by atoms with Gasteiger partial charge in [-0.15, -0.1) is 0 Å². The maximum atomic E-state index is 12.8. The van der Waals surface area contributed by atoms with Crippen molar-refractivity contribution in [2.75, 3.05) is 5.32 Å². The minimum atomic E-state index is -4.36. The molecule has 0 amide bonds. The standard InChI is InChI=1S/C13H11BrF3NS/c1-8(9-4-5-19-7-9)18-10-2-3-12(14)11(6-10)13(15,16)17/h2-8,18H,1H3. The second-order valence-corrected chi connectivity index (χ2v) is 5.75. The van der Waals surface area contributed by atoms with E-state index >= 15 is 0 Å². The van der Waals surface area contributed by atoms with Gasteiger partial charge in [-0.05, 0) is 47.5 Å². The van der Waals surface area contributed by atoms with E-state index in [2.05, 4.69) is 21.2 Å². The fraction of sp³-hybridized carbons (Fsp3) is 0.231. The maximum absolute atomic E-state index is 12.8. The van der Waals surface area contributed by atoms with Crippen LogP contribution in [0.25, 0.3) is 0 Å². The van der Waals surface area contributed by atoms with Crippen molar-refractivity contribution in [3.05, 3.63) is 50.6 Å². The third kappa shape index (κ3) is 3.51. The summed E-state index contributed by atoms with van der Waals surface area (Å²) in [4.78, 5) is 0. The fourth-order valence-corrected chi connectivity index (χ4v) is 2.91. The molecule has 0 saturated heterocycles. The Labute approximate surface area is 121 Å². The minimum Gasteiger partial charge on any atom is -0.378 e. The van der Waals surface area contributed by atoms with Gasteiger partial charge in [0.2, 0.25) is 0 Å².